The van der Waals surface area contributed by atoms with Crippen LogP contribution in [-0.4, -0.2) is 12.6 Å². The van der Waals surface area contributed by atoms with Crippen molar-refractivity contribution >= 4 is 5.97 Å². The number of hydrogen-bond donors (Lipinski definition) is 0. The van der Waals surface area contributed by atoms with Crippen LogP contribution in [0.3, 0.4) is 0 Å². The van der Waals surface area contributed by atoms with E-state index in [-0.39, 0.29) is 5.97 Å². The van der Waals surface area contributed by atoms with E-state index in [9.17, 15) is 4.79 Å². The SMILES string of the molecule is CCCCCCCCCCCCCCCCCCC(CCCCCCCCCCCCCCCCCC)COC(C)=O. The summed E-state index contributed by atoms with van der Waals surface area (Å²) >= 11 is 0. The van der Waals surface area contributed by atoms with Crippen LogP contribution >= 0.6 is 0 Å². The molecule has 0 atom stereocenters. The highest BCUT2D eigenvalue weighted by molar-refractivity contribution is 5.65. The van der Waals surface area contributed by atoms with Crippen LogP contribution in [0.2, 0.25) is 0 Å². The van der Waals surface area contributed by atoms with Crippen molar-refractivity contribution in [1.29, 1.82) is 0 Å². The van der Waals surface area contributed by atoms with Gasteiger partial charge in [-0.05, 0) is 18.8 Å². The van der Waals surface area contributed by atoms with Gasteiger partial charge >= 0.3 is 5.97 Å². The zero-order valence-electron chi connectivity index (χ0n) is 29.6. The second kappa shape index (κ2) is 36.7. The molecular formula is C40H80O2. The maximum absolute atomic E-state index is 11.4. The number of hydrogen-bond acceptors (Lipinski definition) is 2. The molecule has 0 aliphatic heterocycles. The van der Waals surface area contributed by atoms with Crippen molar-refractivity contribution in [1.82, 2.24) is 0 Å². The summed E-state index contributed by atoms with van der Waals surface area (Å²) in [4.78, 5) is 11.4. The van der Waals surface area contributed by atoms with Gasteiger partial charge < -0.3 is 4.74 Å². The van der Waals surface area contributed by atoms with E-state index in [1.165, 1.54) is 218 Å². The lowest BCUT2D eigenvalue weighted by molar-refractivity contribution is -0.142. The van der Waals surface area contributed by atoms with Gasteiger partial charge in [0.05, 0.1) is 6.61 Å². The molecule has 0 rings (SSSR count). The average molecular weight is 593 g/mol. The number of ether oxygens (including phenoxy) is 1. The number of carbonyl (C=O) groups is 1. The van der Waals surface area contributed by atoms with E-state index < -0.39 is 0 Å². The Morgan fingerprint density at radius 1 is 0.381 bits per heavy atom. The largest absolute Gasteiger partial charge is 0.466 e. The number of rotatable bonds is 36. The molecule has 0 aliphatic rings. The second-order valence-corrected chi connectivity index (χ2v) is 13.9. The third kappa shape index (κ3) is 35.7. The molecule has 0 aromatic rings. The highest BCUT2D eigenvalue weighted by atomic mass is 16.5. The van der Waals surface area contributed by atoms with Crippen LogP contribution in [0.5, 0.6) is 0 Å². The summed E-state index contributed by atoms with van der Waals surface area (Å²) in [6.07, 6.45) is 47.9. The van der Waals surface area contributed by atoms with Crippen LogP contribution in [-0.2, 0) is 9.53 Å². The lowest BCUT2D eigenvalue weighted by atomic mass is 9.94. The molecule has 2 nitrogen and oxygen atoms in total. The van der Waals surface area contributed by atoms with Crippen molar-refractivity contribution in [3.8, 4) is 0 Å². The summed E-state index contributed by atoms with van der Waals surface area (Å²) in [6, 6.07) is 0. The van der Waals surface area contributed by atoms with Crippen molar-refractivity contribution in [2.24, 2.45) is 5.92 Å². The van der Waals surface area contributed by atoms with Crippen LogP contribution in [0.4, 0.5) is 0 Å². The van der Waals surface area contributed by atoms with Crippen molar-refractivity contribution in [3.05, 3.63) is 0 Å². The van der Waals surface area contributed by atoms with Crippen molar-refractivity contribution in [2.75, 3.05) is 6.61 Å². The normalized spacial score (nSPS) is 11.5. The highest BCUT2D eigenvalue weighted by Gasteiger charge is 2.10. The number of esters is 1. The molecule has 0 spiro atoms. The van der Waals surface area contributed by atoms with E-state index in [2.05, 4.69) is 13.8 Å². The first-order chi connectivity index (χ1) is 20.7. The van der Waals surface area contributed by atoms with Crippen molar-refractivity contribution in [3.63, 3.8) is 0 Å². The Labute approximate surface area is 266 Å². The fourth-order valence-electron chi connectivity index (χ4n) is 6.51. The standard InChI is InChI=1S/C40H80O2/c1-4-6-8-10-12-14-16-18-20-22-24-26-28-30-32-34-36-40(38-42-39(3)41)37-35-33-31-29-27-25-23-21-19-17-15-13-11-9-7-5-2/h40H,4-38H2,1-3H3. The highest BCUT2D eigenvalue weighted by Crippen LogP contribution is 2.21. The van der Waals surface area contributed by atoms with E-state index >= 15 is 0 Å². The van der Waals surface area contributed by atoms with Gasteiger partial charge in [-0.15, -0.1) is 0 Å². The Bertz CT molecular complexity index is 466. The maximum atomic E-state index is 11.4. The van der Waals surface area contributed by atoms with Gasteiger partial charge in [0.25, 0.3) is 0 Å². The number of carbonyl (C=O) groups excluding carboxylic acids is 1. The Morgan fingerprint density at radius 3 is 0.810 bits per heavy atom. The average Bonchev–Trinajstić information content (AvgIpc) is 2.98. The third-order valence-corrected chi connectivity index (χ3v) is 9.45. The van der Waals surface area contributed by atoms with Gasteiger partial charge in [0, 0.05) is 6.92 Å². The molecule has 0 aromatic carbocycles. The Kier molecular flexibility index (Phi) is 36.2. The van der Waals surface area contributed by atoms with Gasteiger partial charge in [0.2, 0.25) is 0 Å². The minimum atomic E-state index is -0.112. The van der Waals surface area contributed by atoms with E-state index in [1.807, 2.05) is 0 Å². The fourth-order valence-corrected chi connectivity index (χ4v) is 6.51. The van der Waals surface area contributed by atoms with Crippen LogP contribution in [0.1, 0.15) is 239 Å². The van der Waals surface area contributed by atoms with E-state index in [1.54, 1.807) is 6.92 Å². The molecule has 0 saturated heterocycles. The summed E-state index contributed by atoms with van der Waals surface area (Å²) in [5.41, 5.74) is 0. The molecule has 0 radical (unpaired) electrons. The molecule has 0 fully saturated rings. The third-order valence-electron chi connectivity index (χ3n) is 9.45. The zero-order chi connectivity index (χ0) is 30.6. The Morgan fingerprint density at radius 2 is 0.595 bits per heavy atom. The van der Waals surface area contributed by atoms with Crippen LogP contribution in [0, 0.1) is 5.92 Å². The van der Waals surface area contributed by atoms with Crippen molar-refractivity contribution in [2.45, 2.75) is 239 Å². The maximum Gasteiger partial charge on any atom is 0.302 e. The topological polar surface area (TPSA) is 26.3 Å². The lowest BCUT2D eigenvalue weighted by Crippen LogP contribution is -2.12. The molecule has 0 bridgehead atoms. The monoisotopic (exact) mass is 593 g/mol. The van der Waals surface area contributed by atoms with Gasteiger partial charge in [-0.25, -0.2) is 0 Å². The molecule has 252 valence electrons. The first-order valence-electron chi connectivity index (χ1n) is 19.8. The van der Waals surface area contributed by atoms with Gasteiger partial charge in [0.1, 0.15) is 0 Å². The lowest BCUT2D eigenvalue weighted by Gasteiger charge is -2.16. The first kappa shape index (κ1) is 41.5. The summed E-state index contributed by atoms with van der Waals surface area (Å²) in [6.45, 7) is 6.80. The summed E-state index contributed by atoms with van der Waals surface area (Å²) in [7, 11) is 0. The summed E-state index contributed by atoms with van der Waals surface area (Å²) in [5, 5.41) is 0. The van der Waals surface area contributed by atoms with Gasteiger partial charge in [-0.1, -0.05) is 219 Å². The van der Waals surface area contributed by atoms with E-state index in [0.29, 0.717) is 12.5 Å². The van der Waals surface area contributed by atoms with Crippen LogP contribution in [0.25, 0.3) is 0 Å². The van der Waals surface area contributed by atoms with Crippen LogP contribution < -0.4 is 0 Å². The molecule has 2 heteroatoms. The number of unbranched alkanes of at least 4 members (excludes halogenated alkanes) is 30. The van der Waals surface area contributed by atoms with Crippen molar-refractivity contribution < 1.29 is 9.53 Å². The Balaban J connectivity index is 3.54. The minimum Gasteiger partial charge on any atom is -0.466 e. The smallest absolute Gasteiger partial charge is 0.302 e. The molecular weight excluding hydrogens is 512 g/mol. The molecule has 42 heavy (non-hydrogen) atoms. The first-order valence-corrected chi connectivity index (χ1v) is 19.8. The molecule has 0 saturated carbocycles. The molecule has 0 aromatic heterocycles. The van der Waals surface area contributed by atoms with E-state index in [4.69, 9.17) is 4.74 Å². The molecule has 0 unspecified atom stereocenters. The zero-order valence-corrected chi connectivity index (χ0v) is 29.6. The molecule has 0 N–H and O–H groups in total. The predicted octanol–water partition coefficient (Wildman–Crippen LogP) is 14.5. The van der Waals surface area contributed by atoms with E-state index in [0.717, 1.165) is 0 Å². The molecule has 0 amide bonds. The Hall–Kier alpha value is -0.530. The second-order valence-electron chi connectivity index (χ2n) is 13.9. The minimum absolute atomic E-state index is 0.112. The summed E-state index contributed by atoms with van der Waals surface area (Å²) < 4.78 is 5.42. The molecule has 0 aliphatic carbocycles. The summed E-state index contributed by atoms with van der Waals surface area (Å²) in [5.74, 6) is 0.464. The predicted molar refractivity (Wildman–Crippen MR) is 188 cm³/mol. The fraction of sp³-hybridized carbons (Fsp3) is 0.975. The van der Waals surface area contributed by atoms with Gasteiger partial charge in [-0.2, -0.15) is 0 Å². The quantitative estimate of drug-likeness (QED) is 0.0534. The van der Waals surface area contributed by atoms with Crippen LogP contribution in [0.15, 0.2) is 0 Å². The van der Waals surface area contributed by atoms with Gasteiger partial charge in [-0.3, -0.25) is 4.79 Å². The molecule has 0 heterocycles. The van der Waals surface area contributed by atoms with Gasteiger partial charge in [0.15, 0.2) is 0 Å².